The lowest BCUT2D eigenvalue weighted by molar-refractivity contribution is -0.122. The summed E-state index contributed by atoms with van der Waals surface area (Å²) in [6, 6.07) is 16.4. The van der Waals surface area contributed by atoms with Crippen LogP contribution in [0.15, 0.2) is 67.0 Å². The van der Waals surface area contributed by atoms with Gasteiger partial charge in [-0.2, -0.15) is 5.10 Å². The second kappa shape index (κ2) is 10.2. The maximum atomic E-state index is 13.7. The van der Waals surface area contributed by atoms with Crippen LogP contribution in [0, 0.1) is 5.82 Å². The van der Waals surface area contributed by atoms with Gasteiger partial charge in [-0.05, 0) is 67.3 Å². The molecule has 0 spiro atoms. The first-order valence-electron chi connectivity index (χ1n) is 12.6. The number of fused-ring (bicyclic) bond motifs is 1. The van der Waals surface area contributed by atoms with E-state index in [4.69, 9.17) is 4.98 Å². The van der Waals surface area contributed by atoms with Gasteiger partial charge in [0.2, 0.25) is 0 Å². The zero-order chi connectivity index (χ0) is 25.2. The number of aromatic nitrogens is 3. The lowest BCUT2D eigenvalue weighted by Crippen LogP contribution is -2.37. The SMILES string of the molecule is CC(=O)C(c1ccn(-c2cccc(F)c2)n1)N1CCCN(c2cc(C(C)C)cc3cccnc23)CC1. The number of nitrogens with zero attached hydrogens (tertiary/aromatic N) is 5. The standard InChI is InChI=1S/C29H32FN5O/c1-20(2)23-17-22-7-5-11-31-28(22)27(18-23)33-12-6-13-34(16-15-33)29(21(3)36)26-10-14-35(32-26)25-9-4-8-24(30)19-25/h4-5,7-11,14,17-20,29H,6,12-13,15-16H2,1-3H3. The van der Waals surface area contributed by atoms with Gasteiger partial charge in [0.1, 0.15) is 11.9 Å². The molecule has 0 N–H and O–H groups in total. The van der Waals surface area contributed by atoms with Crippen LogP contribution < -0.4 is 4.90 Å². The Morgan fingerprint density at radius 3 is 2.64 bits per heavy atom. The summed E-state index contributed by atoms with van der Waals surface area (Å²) in [5.41, 5.74) is 4.81. The molecule has 3 heterocycles. The van der Waals surface area contributed by atoms with Crippen LogP contribution in [0.25, 0.3) is 16.6 Å². The summed E-state index contributed by atoms with van der Waals surface area (Å²) < 4.78 is 15.3. The van der Waals surface area contributed by atoms with E-state index in [-0.39, 0.29) is 11.6 Å². The van der Waals surface area contributed by atoms with Gasteiger partial charge in [0.15, 0.2) is 5.78 Å². The average molecular weight is 486 g/mol. The topological polar surface area (TPSA) is 54.3 Å². The van der Waals surface area contributed by atoms with Crippen LogP contribution in [0.1, 0.15) is 50.4 Å². The van der Waals surface area contributed by atoms with Gasteiger partial charge in [-0.25, -0.2) is 9.07 Å². The first-order chi connectivity index (χ1) is 17.4. The van der Waals surface area contributed by atoms with Crippen LogP contribution in [0.4, 0.5) is 10.1 Å². The summed E-state index contributed by atoms with van der Waals surface area (Å²) in [6.07, 6.45) is 4.57. The minimum Gasteiger partial charge on any atom is -0.368 e. The third kappa shape index (κ3) is 4.88. The molecule has 1 saturated heterocycles. The van der Waals surface area contributed by atoms with Crippen molar-refractivity contribution >= 4 is 22.4 Å². The number of carbonyl (C=O) groups is 1. The Bertz CT molecular complexity index is 1380. The number of carbonyl (C=O) groups excluding carboxylic acids is 1. The summed E-state index contributed by atoms with van der Waals surface area (Å²) >= 11 is 0. The molecular weight excluding hydrogens is 453 g/mol. The van der Waals surface area contributed by atoms with E-state index < -0.39 is 6.04 Å². The average Bonchev–Trinajstić information content (AvgIpc) is 3.22. The van der Waals surface area contributed by atoms with E-state index in [0.717, 1.165) is 49.2 Å². The van der Waals surface area contributed by atoms with E-state index in [1.165, 1.54) is 17.7 Å². The molecule has 36 heavy (non-hydrogen) atoms. The second-order valence-corrected chi connectivity index (χ2v) is 9.82. The van der Waals surface area contributed by atoms with Crippen molar-refractivity contribution in [1.82, 2.24) is 19.7 Å². The molecule has 1 aliphatic heterocycles. The highest BCUT2D eigenvalue weighted by Gasteiger charge is 2.29. The van der Waals surface area contributed by atoms with Gasteiger partial charge in [-0.15, -0.1) is 0 Å². The molecule has 1 unspecified atom stereocenters. The number of rotatable bonds is 6. The second-order valence-electron chi connectivity index (χ2n) is 9.82. The Labute approximate surface area is 211 Å². The van der Waals surface area contributed by atoms with Crippen LogP contribution in [0.3, 0.4) is 0 Å². The van der Waals surface area contributed by atoms with Crippen LogP contribution in [-0.4, -0.2) is 51.6 Å². The fourth-order valence-corrected chi connectivity index (χ4v) is 5.11. The number of Topliss-reactive ketones (excluding diaryl/α,β-unsaturated/α-hetero) is 1. The summed E-state index contributed by atoms with van der Waals surface area (Å²) in [4.78, 5) is 22.2. The van der Waals surface area contributed by atoms with Gasteiger partial charge in [0.05, 0.1) is 22.6 Å². The Balaban J connectivity index is 1.40. The number of benzene rings is 2. The van der Waals surface area contributed by atoms with E-state index in [9.17, 15) is 9.18 Å². The number of ketones is 1. The van der Waals surface area contributed by atoms with Crippen LogP contribution in [-0.2, 0) is 4.79 Å². The van der Waals surface area contributed by atoms with Crippen molar-refractivity contribution in [3.8, 4) is 5.69 Å². The summed E-state index contributed by atoms with van der Waals surface area (Å²) in [6.45, 7) is 9.27. The van der Waals surface area contributed by atoms with E-state index >= 15 is 0 Å². The first kappa shape index (κ1) is 24.1. The van der Waals surface area contributed by atoms with Gasteiger partial charge in [-0.1, -0.05) is 26.0 Å². The molecule has 0 saturated carbocycles. The molecule has 2 aromatic heterocycles. The Hall–Kier alpha value is -3.58. The Kier molecular flexibility index (Phi) is 6.83. The number of halogens is 1. The van der Waals surface area contributed by atoms with E-state index in [1.807, 2.05) is 18.3 Å². The maximum Gasteiger partial charge on any atom is 0.153 e. The molecule has 0 radical (unpaired) electrons. The van der Waals surface area contributed by atoms with Gasteiger partial charge >= 0.3 is 0 Å². The number of pyridine rings is 1. The third-order valence-corrected chi connectivity index (χ3v) is 6.96. The van der Waals surface area contributed by atoms with E-state index in [0.29, 0.717) is 17.3 Å². The summed E-state index contributed by atoms with van der Waals surface area (Å²) in [5.74, 6) is 0.165. The van der Waals surface area contributed by atoms with Crippen molar-refractivity contribution in [2.75, 3.05) is 31.1 Å². The number of anilines is 1. The van der Waals surface area contributed by atoms with E-state index in [2.05, 4.69) is 46.9 Å². The predicted octanol–water partition coefficient (Wildman–Crippen LogP) is 5.53. The molecule has 0 aliphatic carbocycles. The molecule has 6 nitrogen and oxygen atoms in total. The quantitative estimate of drug-likeness (QED) is 0.360. The van der Waals surface area contributed by atoms with Crippen molar-refractivity contribution in [3.63, 3.8) is 0 Å². The predicted molar refractivity (Wildman–Crippen MR) is 141 cm³/mol. The van der Waals surface area contributed by atoms with Gasteiger partial charge in [0, 0.05) is 44.0 Å². The molecule has 186 valence electrons. The molecule has 7 heteroatoms. The largest absolute Gasteiger partial charge is 0.368 e. The van der Waals surface area contributed by atoms with Crippen LogP contribution in [0.2, 0.25) is 0 Å². The fourth-order valence-electron chi connectivity index (χ4n) is 5.11. The van der Waals surface area contributed by atoms with Crippen molar-refractivity contribution < 1.29 is 9.18 Å². The zero-order valence-electron chi connectivity index (χ0n) is 21.1. The molecule has 4 aromatic rings. The minimum atomic E-state index is -0.434. The van der Waals surface area contributed by atoms with Gasteiger partial charge in [-0.3, -0.25) is 14.7 Å². The van der Waals surface area contributed by atoms with Crippen molar-refractivity contribution in [2.45, 2.75) is 39.2 Å². The molecule has 2 aromatic carbocycles. The Morgan fingerprint density at radius 1 is 1.00 bits per heavy atom. The summed E-state index contributed by atoms with van der Waals surface area (Å²) in [5, 5.41) is 5.82. The first-order valence-corrected chi connectivity index (χ1v) is 12.6. The molecule has 1 atom stereocenters. The normalized spacial score (nSPS) is 15.9. The minimum absolute atomic E-state index is 0.0573. The molecular formula is C29H32FN5O. The lowest BCUT2D eigenvalue weighted by atomic mass is 9.99. The van der Waals surface area contributed by atoms with Crippen LogP contribution >= 0.6 is 0 Å². The monoisotopic (exact) mass is 485 g/mol. The molecule has 1 aliphatic rings. The zero-order valence-corrected chi connectivity index (χ0v) is 21.1. The van der Waals surface area contributed by atoms with Crippen LogP contribution in [0.5, 0.6) is 0 Å². The highest BCUT2D eigenvalue weighted by atomic mass is 19.1. The molecule has 5 rings (SSSR count). The number of hydrogen-bond acceptors (Lipinski definition) is 5. The molecule has 0 bridgehead atoms. The third-order valence-electron chi connectivity index (χ3n) is 6.96. The van der Waals surface area contributed by atoms with Crippen molar-refractivity contribution in [3.05, 3.63) is 84.1 Å². The van der Waals surface area contributed by atoms with Gasteiger partial charge in [0.25, 0.3) is 0 Å². The van der Waals surface area contributed by atoms with Crippen molar-refractivity contribution in [2.24, 2.45) is 0 Å². The Morgan fingerprint density at radius 2 is 1.86 bits per heavy atom. The van der Waals surface area contributed by atoms with Gasteiger partial charge < -0.3 is 4.90 Å². The highest BCUT2D eigenvalue weighted by molar-refractivity contribution is 5.91. The smallest absolute Gasteiger partial charge is 0.153 e. The molecule has 1 fully saturated rings. The summed E-state index contributed by atoms with van der Waals surface area (Å²) in [7, 11) is 0. The molecule has 0 amide bonds. The number of hydrogen-bond donors (Lipinski definition) is 0. The fraction of sp³-hybridized carbons (Fsp3) is 0.345. The van der Waals surface area contributed by atoms with Crippen molar-refractivity contribution in [1.29, 1.82) is 0 Å². The highest BCUT2D eigenvalue weighted by Crippen LogP contribution is 2.32. The lowest BCUT2D eigenvalue weighted by Gasteiger charge is -2.28. The van der Waals surface area contributed by atoms with E-state index in [1.54, 1.807) is 29.9 Å². The maximum absolute atomic E-state index is 13.7.